The number of hydrogen-bond donors (Lipinski definition) is 2. The Morgan fingerprint density at radius 1 is 1.05 bits per heavy atom. The number of aliphatic hydroxyl groups excluding tert-OH is 1. The van der Waals surface area contributed by atoms with Gasteiger partial charge in [-0.1, -0.05) is 42.5 Å². The summed E-state index contributed by atoms with van der Waals surface area (Å²) in [6.07, 6.45) is -0.499. The van der Waals surface area contributed by atoms with E-state index in [9.17, 15) is 4.79 Å². The molecule has 19 heavy (non-hydrogen) atoms. The zero-order chi connectivity index (χ0) is 13.5. The molecule has 0 aromatic heterocycles. The summed E-state index contributed by atoms with van der Waals surface area (Å²) in [5.41, 5.74) is 1.73. The van der Waals surface area contributed by atoms with Crippen LogP contribution in [0.15, 0.2) is 54.6 Å². The lowest BCUT2D eigenvalue weighted by atomic mass is 10.1. The van der Waals surface area contributed by atoms with Gasteiger partial charge in [-0.25, -0.2) is 4.79 Å². The van der Waals surface area contributed by atoms with E-state index in [0.29, 0.717) is 12.3 Å². The van der Waals surface area contributed by atoms with Crippen molar-refractivity contribution in [3.8, 4) is 5.75 Å². The van der Waals surface area contributed by atoms with Crippen molar-refractivity contribution in [2.24, 2.45) is 0 Å². The lowest BCUT2D eigenvalue weighted by Crippen LogP contribution is -2.26. The minimum absolute atomic E-state index is 0.0116. The normalized spacial score (nSPS) is 9.95. The summed E-state index contributed by atoms with van der Waals surface area (Å²) in [6.45, 7) is 0.349. The van der Waals surface area contributed by atoms with Crippen molar-refractivity contribution < 1.29 is 14.6 Å². The number of amides is 1. The van der Waals surface area contributed by atoms with Crippen LogP contribution in [0, 0.1) is 0 Å². The molecule has 0 saturated heterocycles. The molecule has 2 aromatic carbocycles. The molecule has 0 fully saturated rings. The maximum atomic E-state index is 11.6. The fourth-order valence-corrected chi connectivity index (χ4v) is 1.64. The number of carbonyl (C=O) groups excluding carboxylic acids is 1. The average molecular weight is 257 g/mol. The Morgan fingerprint density at radius 2 is 1.79 bits per heavy atom. The summed E-state index contributed by atoms with van der Waals surface area (Å²) < 4.78 is 5.09. The van der Waals surface area contributed by atoms with Crippen molar-refractivity contribution in [2.45, 2.75) is 13.2 Å². The number of rotatable bonds is 4. The van der Waals surface area contributed by atoms with Crippen LogP contribution in [0.1, 0.15) is 11.1 Å². The second kappa shape index (κ2) is 6.56. The summed E-state index contributed by atoms with van der Waals surface area (Å²) >= 11 is 0. The van der Waals surface area contributed by atoms with Crippen LogP contribution in [0.25, 0.3) is 0 Å². The first-order valence-corrected chi connectivity index (χ1v) is 5.97. The van der Waals surface area contributed by atoms with E-state index in [-0.39, 0.29) is 6.61 Å². The maximum Gasteiger partial charge on any atom is 0.412 e. The molecule has 1 amide bonds. The Bertz CT molecular complexity index is 540. The topological polar surface area (TPSA) is 58.6 Å². The largest absolute Gasteiger partial charge is 0.412 e. The number of benzene rings is 2. The molecular weight excluding hydrogens is 242 g/mol. The summed E-state index contributed by atoms with van der Waals surface area (Å²) in [4.78, 5) is 11.6. The van der Waals surface area contributed by atoms with Crippen LogP contribution < -0.4 is 10.1 Å². The fourth-order valence-electron chi connectivity index (χ4n) is 1.64. The van der Waals surface area contributed by atoms with E-state index in [1.54, 1.807) is 24.3 Å². The van der Waals surface area contributed by atoms with E-state index < -0.39 is 6.09 Å². The Hall–Kier alpha value is -2.33. The van der Waals surface area contributed by atoms with Crippen molar-refractivity contribution in [3.05, 3.63) is 65.7 Å². The molecule has 0 aliphatic rings. The standard InChI is InChI=1S/C15H15NO3/c17-11-13-6-4-5-12(9-13)10-16-15(18)19-14-7-2-1-3-8-14/h1-9,17H,10-11H2,(H,16,18). The van der Waals surface area contributed by atoms with Crippen LogP contribution in [0.5, 0.6) is 5.75 Å². The van der Waals surface area contributed by atoms with Gasteiger partial charge in [-0.2, -0.15) is 0 Å². The van der Waals surface area contributed by atoms with Crippen LogP contribution >= 0.6 is 0 Å². The smallest absolute Gasteiger partial charge is 0.410 e. The summed E-state index contributed by atoms with van der Waals surface area (Å²) in [6, 6.07) is 16.3. The monoisotopic (exact) mass is 257 g/mol. The molecular formula is C15H15NO3. The van der Waals surface area contributed by atoms with Crippen LogP contribution in [-0.4, -0.2) is 11.2 Å². The van der Waals surface area contributed by atoms with Gasteiger partial charge in [0.15, 0.2) is 0 Å². The zero-order valence-corrected chi connectivity index (χ0v) is 10.4. The van der Waals surface area contributed by atoms with E-state index in [2.05, 4.69) is 5.32 Å². The minimum atomic E-state index is -0.499. The van der Waals surface area contributed by atoms with Gasteiger partial charge in [0.1, 0.15) is 5.75 Å². The number of hydrogen-bond acceptors (Lipinski definition) is 3. The van der Waals surface area contributed by atoms with Gasteiger partial charge in [0.05, 0.1) is 6.61 Å². The number of ether oxygens (including phenoxy) is 1. The number of carbonyl (C=O) groups is 1. The first-order valence-electron chi connectivity index (χ1n) is 5.97. The van der Waals surface area contributed by atoms with Gasteiger partial charge in [0, 0.05) is 6.54 Å². The van der Waals surface area contributed by atoms with Crippen molar-refractivity contribution in [2.75, 3.05) is 0 Å². The molecule has 4 nitrogen and oxygen atoms in total. The van der Waals surface area contributed by atoms with Crippen molar-refractivity contribution in [1.82, 2.24) is 5.32 Å². The van der Waals surface area contributed by atoms with Gasteiger partial charge in [-0.3, -0.25) is 0 Å². The second-order valence-corrected chi connectivity index (χ2v) is 4.03. The Kier molecular flexibility index (Phi) is 4.53. The quantitative estimate of drug-likeness (QED) is 0.884. The van der Waals surface area contributed by atoms with E-state index in [4.69, 9.17) is 9.84 Å². The summed E-state index contributed by atoms with van der Waals surface area (Å²) in [5.74, 6) is 0.504. The highest BCUT2D eigenvalue weighted by molar-refractivity contribution is 5.70. The first-order chi connectivity index (χ1) is 9.28. The average Bonchev–Trinajstić information content (AvgIpc) is 2.46. The lowest BCUT2D eigenvalue weighted by molar-refractivity contribution is 0.200. The molecule has 2 N–H and O–H groups in total. The zero-order valence-electron chi connectivity index (χ0n) is 10.4. The Balaban J connectivity index is 1.86. The molecule has 0 aliphatic carbocycles. The van der Waals surface area contributed by atoms with Gasteiger partial charge in [0.2, 0.25) is 0 Å². The predicted molar refractivity (Wildman–Crippen MR) is 71.7 cm³/mol. The van der Waals surface area contributed by atoms with E-state index in [0.717, 1.165) is 11.1 Å². The number of para-hydroxylation sites is 1. The minimum Gasteiger partial charge on any atom is -0.410 e. The lowest BCUT2D eigenvalue weighted by Gasteiger charge is -2.07. The van der Waals surface area contributed by atoms with Crippen LogP contribution in [0.3, 0.4) is 0 Å². The molecule has 2 rings (SSSR count). The van der Waals surface area contributed by atoms with Crippen molar-refractivity contribution >= 4 is 6.09 Å². The molecule has 0 saturated carbocycles. The molecule has 0 unspecified atom stereocenters. The van der Waals surface area contributed by atoms with Crippen molar-refractivity contribution in [1.29, 1.82) is 0 Å². The van der Waals surface area contributed by atoms with E-state index in [1.165, 1.54) is 0 Å². The molecule has 0 atom stereocenters. The summed E-state index contributed by atoms with van der Waals surface area (Å²) in [5, 5.41) is 11.7. The molecule has 0 spiro atoms. The van der Waals surface area contributed by atoms with E-state index >= 15 is 0 Å². The SMILES string of the molecule is O=C(NCc1cccc(CO)c1)Oc1ccccc1. The summed E-state index contributed by atoms with van der Waals surface area (Å²) in [7, 11) is 0. The molecule has 98 valence electrons. The second-order valence-electron chi connectivity index (χ2n) is 4.03. The Labute approximate surface area is 111 Å². The van der Waals surface area contributed by atoms with Crippen molar-refractivity contribution in [3.63, 3.8) is 0 Å². The van der Waals surface area contributed by atoms with Gasteiger partial charge in [0.25, 0.3) is 0 Å². The number of nitrogens with one attached hydrogen (secondary N) is 1. The van der Waals surface area contributed by atoms with Crippen LogP contribution in [-0.2, 0) is 13.2 Å². The highest BCUT2D eigenvalue weighted by Gasteiger charge is 2.03. The van der Waals surface area contributed by atoms with Gasteiger partial charge in [-0.05, 0) is 23.3 Å². The van der Waals surface area contributed by atoms with Gasteiger partial charge in [-0.15, -0.1) is 0 Å². The molecule has 0 bridgehead atoms. The number of aliphatic hydroxyl groups is 1. The first kappa shape index (κ1) is 13.1. The molecule has 4 heteroatoms. The van der Waals surface area contributed by atoms with Gasteiger partial charge >= 0.3 is 6.09 Å². The highest BCUT2D eigenvalue weighted by atomic mass is 16.5. The van der Waals surface area contributed by atoms with Crippen LogP contribution in [0.4, 0.5) is 4.79 Å². The third-order valence-electron chi connectivity index (χ3n) is 2.56. The Morgan fingerprint density at radius 3 is 2.53 bits per heavy atom. The fraction of sp³-hybridized carbons (Fsp3) is 0.133. The molecule has 2 aromatic rings. The third-order valence-corrected chi connectivity index (χ3v) is 2.56. The third kappa shape index (κ3) is 4.12. The van der Waals surface area contributed by atoms with Crippen LogP contribution in [0.2, 0.25) is 0 Å². The molecule has 0 aliphatic heterocycles. The highest BCUT2D eigenvalue weighted by Crippen LogP contribution is 2.09. The van der Waals surface area contributed by atoms with Gasteiger partial charge < -0.3 is 15.2 Å². The maximum absolute atomic E-state index is 11.6. The molecule has 0 radical (unpaired) electrons. The van der Waals surface area contributed by atoms with E-state index in [1.807, 2.05) is 30.3 Å². The predicted octanol–water partition coefficient (Wildman–Crippen LogP) is 2.47. The molecule has 0 heterocycles.